The highest BCUT2D eigenvalue weighted by Crippen LogP contribution is 2.62. The fourth-order valence-corrected chi connectivity index (χ4v) is 8.53. The maximum atomic E-state index is 13.3. The lowest BCUT2D eigenvalue weighted by Crippen LogP contribution is -2.67. The normalized spacial score (nSPS) is 26.2. The second kappa shape index (κ2) is 14.5. The minimum Gasteiger partial charge on any atom is -0.493 e. The Bertz CT molecular complexity index is 1220. The molecule has 1 aromatic carbocycles. The van der Waals surface area contributed by atoms with E-state index in [1.54, 1.807) is 19.1 Å². The zero-order valence-corrected chi connectivity index (χ0v) is 27.7. The van der Waals surface area contributed by atoms with Gasteiger partial charge in [-0.3, -0.25) is 9.69 Å². The maximum Gasteiger partial charge on any atom is 0.435 e. The molecule has 0 heterocycles. The van der Waals surface area contributed by atoms with Crippen LogP contribution in [-0.4, -0.2) is 100.0 Å². The number of alkyl halides is 9. The highest BCUT2D eigenvalue weighted by Gasteiger charge is 2.85. The van der Waals surface area contributed by atoms with Crippen LogP contribution >= 0.6 is 0 Å². The summed E-state index contributed by atoms with van der Waals surface area (Å²) >= 11 is 0. The minimum absolute atomic E-state index is 0.0528. The van der Waals surface area contributed by atoms with Gasteiger partial charge in [0.15, 0.2) is 0 Å². The molecule has 2 fully saturated rings. The van der Waals surface area contributed by atoms with Crippen LogP contribution in [0.1, 0.15) is 68.9 Å². The molecule has 0 aromatic heterocycles. The molecule has 5 atom stereocenters. The molecule has 0 aliphatic heterocycles. The number of ether oxygens (including phenoxy) is 3. The lowest BCUT2D eigenvalue weighted by atomic mass is 9.55. The number of carbonyl (C=O) groups excluding carboxylic acids is 1. The van der Waals surface area contributed by atoms with E-state index in [4.69, 9.17) is 9.47 Å². The molecule has 0 spiro atoms. The van der Waals surface area contributed by atoms with Crippen LogP contribution in [0.4, 0.5) is 39.5 Å². The Morgan fingerprint density at radius 2 is 1.56 bits per heavy atom. The van der Waals surface area contributed by atoms with Gasteiger partial charge >= 0.3 is 24.1 Å². The Morgan fingerprint density at radius 1 is 0.896 bits per heavy atom. The first-order chi connectivity index (χ1) is 22.3. The number of rotatable bonds is 13. The van der Waals surface area contributed by atoms with E-state index >= 15 is 0 Å². The zero-order valence-electron chi connectivity index (χ0n) is 27.7. The number of halogens is 9. The summed E-state index contributed by atoms with van der Waals surface area (Å²) < 4.78 is 133. The van der Waals surface area contributed by atoms with Crippen LogP contribution in [0, 0.1) is 17.3 Å². The van der Waals surface area contributed by atoms with Gasteiger partial charge < -0.3 is 19.1 Å². The standard InChI is InChI=1S/C33H45F9N2O4/c1-29-14-13-24-23-10-8-22(47-17-6-16-46-4)19-21(23)7-9-25(24)26(29)11-12-27(29)44(3)28(45)20-43(2)15-5-18-48-30(31(34,35)36,32(37,38)39)33(40,41)42/h8,10,19,24-27H,5-7,9,11-18,20H2,1-4H3/t24?,25?,26?,27-,29-/m0/s1. The zero-order chi connectivity index (χ0) is 35.7. The van der Waals surface area contributed by atoms with E-state index in [-0.39, 0.29) is 30.5 Å². The summed E-state index contributed by atoms with van der Waals surface area (Å²) in [5.41, 5.74) is -3.73. The average molecular weight is 705 g/mol. The van der Waals surface area contributed by atoms with Crippen molar-refractivity contribution in [2.45, 2.75) is 94.4 Å². The van der Waals surface area contributed by atoms with Gasteiger partial charge in [0.1, 0.15) is 5.75 Å². The second-order valence-electron chi connectivity index (χ2n) is 13.7. The van der Waals surface area contributed by atoms with E-state index in [1.165, 1.54) is 23.1 Å². The van der Waals surface area contributed by atoms with Gasteiger partial charge in [0, 0.05) is 46.4 Å². The molecular weight excluding hydrogens is 659 g/mol. The molecule has 3 aliphatic carbocycles. The third kappa shape index (κ3) is 7.42. The summed E-state index contributed by atoms with van der Waals surface area (Å²) in [4.78, 5) is 16.4. The highest BCUT2D eigenvalue weighted by molar-refractivity contribution is 5.78. The molecule has 3 aliphatic rings. The number of methoxy groups -OCH3 is 1. The molecule has 1 aromatic rings. The molecule has 0 N–H and O–H groups in total. The second-order valence-corrected chi connectivity index (χ2v) is 13.7. The summed E-state index contributed by atoms with van der Waals surface area (Å²) in [6, 6.07) is 6.33. The van der Waals surface area contributed by atoms with Crippen LogP contribution in [0.5, 0.6) is 5.75 Å². The molecule has 15 heteroatoms. The molecule has 274 valence electrons. The predicted octanol–water partition coefficient (Wildman–Crippen LogP) is 7.55. The third-order valence-electron chi connectivity index (χ3n) is 10.9. The van der Waals surface area contributed by atoms with Gasteiger partial charge in [0.05, 0.1) is 13.2 Å². The van der Waals surface area contributed by atoms with Gasteiger partial charge in [-0.05, 0) is 98.4 Å². The van der Waals surface area contributed by atoms with E-state index in [1.807, 2.05) is 6.07 Å². The van der Waals surface area contributed by atoms with Crippen molar-refractivity contribution in [3.8, 4) is 5.75 Å². The van der Waals surface area contributed by atoms with Crippen molar-refractivity contribution in [1.29, 1.82) is 0 Å². The number of amides is 1. The fraction of sp³-hybridized carbons (Fsp3) is 0.788. The molecule has 0 bridgehead atoms. The van der Waals surface area contributed by atoms with E-state index in [9.17, 15) is 44.3 Å². The molecule has 3 unspecified atom stereocenters. The monoisotopic (exact) mass is 704 g/mol. The smallest absolute Gasteiger partial charge is 0.435 e. The molecular formula is C33H45F9N2O4. The van der Waals surface area contributed by atoms with E-state index in [0.717, 1.165) is 50.7 Å². The summed E-state index contributed by atoms with van der Waals surface area (Å²) in [5.74, 6) is 1.88. The first-order valence-corrected chi connectivity index (χ1v) is 16.3. The van der Waals surface area contributed by atoms with E-state index < -0.39 is 37.2 Å². The van der Waals surface area contributed by atoms with Crippen LogP contribution in [-0.2, 0) is 20.7 Å². The first kappa shape index (κ1) is 38.5. The van der Waals surface area contributed by atoms with Gasteiger partial charge in [0.2, 0.25) is 5.91 Å². The van der Waals surface area contributed by atoms with Crippen molar-refractivity contribution < 1.29 is 58.5 Å². The van der Waals surface area contributed by atoms with Crippen molar-refractivity contribution in [3.05, 3.63) is 29.3 Å². The molecule has 1 amide bonds. The molecule has 48 heavy (non-hydrogen) atoms. The molecule has 4 rings (SSSR count). The van der Waals surface area contributed by atoms with Crippen LogP contribution in [0.3, 0.4) is 0 Å². The largest absolute Gasteiger partial charge is 0.493 e. The summed E-state index contributed by atoms with van der Waals surface area (Å²) in [5, 5.41) is 0. The number of likely N-dealkylation sites (N-methyl/N-ethyl adjacent to an activating group) is 2. The Morgan fingerprint density at radius 3 is 2.19 bits per heavy atom. The SMILES string of the molecule is COCCCOc1ccc2c(c1)CCC1C2CC[C@@]2(C)C1CC[C@@H]2N(C)C(=O)CN(C)CCCOC(C(F)(F)F)(C(F)(F)F)C(F)(F)F. The molecule has 2 saturated carbocycles. The Balaban J connectivity index is 1.32. The topological polar surface area (TPSA) is 51.2 Å². The van der Waals surface area contributed by atoms with E-state index in [0.29, 0.717) is 31.0 Å². The number of fused-ring (bicyclic) bond motifs is 5. The van der Waals surface area contributed by atoms with Crippen molar-refractivity contribution in [3.63, 3.8) is 0 Å². The first-order valence-electron chi connectivity index (χ1n) is 16.3. The van der Waals surface area contributed by atoms with Gasteiger partial charge in [-0.15, -0.1) is 0 Å². The molecule has 0 saturated heterocycles. The van der Waals surface area contributed by atoms with Crippen molar-refractivity contribution >= 4 is 5.91 Å². The van der Waals surface area contributed by atoms with Gasteiger partial charge in [-0.2, -0.15) is 39.5 Å². The van der Waals surface area contributed by atoms with Crippen LogP contribution in [0.15, 0.2) is 18.2 Å². The lowest BCUT2D eigenvalue weighted by molar-refractivity contribution is -0.457. The summed E-state index contributed by atoms with van der Waals surface area (Å²) in [6.45, 7) is 1.54. The van der Waals surface area contributed by atoms with Crippen molar-refractivity contribution in [2.24, 2.45) is 17.3 Å². The number of benzene rings is 1. The maximum absolute atomic E-state index is 13.3. The quantitative estimate of drug-likeness (QED) is 0.157. The fourth-order valence-electron chi connectivity index (χ4n) is 8.53. The van der Waals surface area contributed by atoms with E-state index in [2.05, 4.69) is 23.8 Å². The van der Waals surface area contributed by atoms with Crippen LogP contribution in [0.2, 0.25) is 0 Å². The molecule has 6 nitrogen and oxygen atoms in total. The number of nitrogens with zero attached hydrogens (tertiary/aromatic N) is 2. The van der Waals surface area contributed by atoms with Crippen LogP contribution < -0.4 is 4.74 Å². The Labute approximate surface area is 275 Å². The minimum atomic E-state index is -6.77. The predicted molar refractivity (Wildman–Crippen MR) is 159 cm³/mol. The van der Waals surface area contributed by atoms with Gasteiger partial charge in [-0.1, -0.05) is 13.0 Å². The lowest BCUT2D eigenvalue weighted by Gasteiger charge is -2.52. The average Bonchev–Trinajstić information content (AvgIpc) is 3.33. The third-order valence-corrected chi connectivity index (χ3v) is 10.9. The van der Waals surface area contributed by atoms with Crippen LogP contribution in [0.25, 0.3) is 0 Å². The molecule has 0 radical (unpaired) electrons. The van der Waals surface area contributed by atoms with Crippen molar-refractivity contribution in [2.75, 3.05) is 54.1 Å². The number of aryl methyl sites for hydroxylation is 1. The number of hydrogen-bond acceptors (Lipinski definition) is 5. The number of carbonyl (C=O) groups is 1. The van der Waals surface area contributed by atoms with Gasteiger partial charge in [-0.25, -0.2) is 0 Å². The summed E-state index contributed by atoms with van der Waals surface area (Å²) in [7, 11) is 4.79. The number of hydrogen-bond donors (Lipinski definition) is 0. The Kier molecular flexibility index (Phi) is 11.7. The van der Waals surface area contributed by atoms with Gasteiger partial charge in [0.25, 0.3) is 0 Å². The summed E-state index contributed by atoms with van der Waals surface area (Å²) in [6.07, 6.45) is -14.4. The highest BCUT2D eigenvalue weighted by atomic mass is 19.4. The Hall–Kier alpha value is -2.26. The van der Waals surface area contributed by atoms with Crippen molar-refractivity contribution in [1.82, 2.24) is 9.80 Å².